The highest BCUT2D eigenvalue weighted by Gasteiger charge is 2.42. The number of hydrogen-bond acceptors (Lipinski definition) is 5. The minimum Gasteiger partial charge on any atom is -0.503 e. The molecule has 1 aromatic carbocycles. The van der Waals surface area contributed by atoms with Crippen molar-refractivity contribution in [1.29, 1.82) is 0 Å². The highest BCUT2D eigenvalue weighted by atomic mass is 16.5. The molecule has 0 saturated carbocycles. The number of ether oxygens (including phenoxy) is 1. The predicted molar refractivity (Wildman–Crippen MR) is 103 cm³/mol. The van der Waals surface area contributed by atoms with E-state index in [9.17, 15) is 14.7 Å². The molecule has 1 atom stereocenters. The Balaban J connectivity index is 1.90. The maximum absolute atomic E-state index is 12.7. The Morgan fingerprint density at radius 3 is 2.59 bits per heavy atom. The van der Waals surface area contributed by atoms with Crippen LogP contribution in [0, 0.1) is 0 Å². The number of aliphatic hydroxyl groups is 1. The van der Waals surface area contributed by atoms with E-state index in [-0.39, 0.29) is 17.5 Å². The van der Waals surface area contributed by atoms with E-state index < -0.39 is 17.7 Å². The molecule has 0 aromatic heterocycles. The van der Waals surface area contributed by atoms with Crippen molar-refractivity contribution in [1.82, 2.24) is 9.80 Å². The van der Waals surface area contributed by atoms with Gasteiger partial charge in [-0.15, -0.1) is 0 Å². The van der Waals surface area contributed by atoms with E-state index in [4.69, 9.17) is 4.74 Å². The van der Waals surface area contributed by atoms with Crippen LogP contribution in [-0.2, 0) is 9.59 Å². The summed E-state index contributed by atoms with van der Waals surface area (Å²) in [7, 11) is 0. The van der Waals surface area contributed by atoms with E-state index in [1.54, 1.807) is 4.90 Å². The molecule has 0 radical (unpaired) electrons. The molecule has 6 nitrogen and oxygen atoms in total. The van der Waals surface area contributed by atoms with Gasteiger partial charge >= 0.3 is 0 Å². The number of hydrogen-bond donors (Lipinski definition) is 1. The summed E-state index contributed by atoms with van der Waals surface area (Å²) >= 11 is 0. The second kappa shape index (κ2) is 8.13. The van der Waals surface area contributed by atoms with Gasteiger partial charge in [0.2, 0.25) is 0 Å². The van der Waals surface area contributed by atoms with Crippen molar-refractivity contribution in [3.05, 3.63) is 41.2 Å². The number of nitrogens with zero attached hydrogens (tertiary/aromatic N) is 2. The Hall–Kier alpha value is -2.34. The van der Waals surface area contributed by atoms with Gasteiger partial charge in [0, 0.05) is 13.1 Å². The van der Waals surface area contributed by atoms with Gasteiger partial charge in [-0.1, -0.05) is 12.1 Å². The Morgan fingerprint density at radius 2 is 1.96 bits per heavy atom. The second-order valence-electron chi connectivity index (χ2n) is 7.51. The fourth-order valence-electron chi connectivity index (χ4n) is 3.88. The summed E-state index contributed by atoms with van der Waals surface area (Å²) in [6.07, 6.45) is 2.37. The van der Waals surface area contributed by atoms with E-state index in [2.05, 4.69) is 4.90 Å². The lowest BCUT2D eigenvalue weighted by Crippen LogP contribution is -2.37. The first kappa shape index (κ1) is 19.4. The normalized spacial score (nSPS) is 20.8. The zero-order valence-corrected chi connectivity index (χ0v) is 16.3. The summed E-state index contributed by atoms with van der Waals surface area (Å²) < 4.78 is 5.77. The first-order valence-electron chi connectivity index (χ1n) is 9.62. The number of rotatable bonds is 7. The van der Waals surface area contributed by atoms with Gasteiger partial charge in [-0.25, -0.2) is 0 Å². The number of carbonyl (C=O) groups is 2. The maximum atomic E-state index is 12.7. The molecular weight excluding hydrogens is 344 g/mol. The third-order valence-corrected chi connectivity index (χ3v) is 5.08. The summed E-state index contributed by atoms with van der Waals surface area (Å²) in [4.78, 5) is 28.8. The maximum Gasteiger partial charge on any atom is 0.290 e. The fourth-order valence-corrected chi connectivity index (χ4v) is 3.88. The summed E-state index contributed by atoms with van der Waals surface area (Å²) in [5.74, 6) is -0.503. The van der Waals surface area contributed by atoms with E-state index >= 15 is 0 Å². The van der Waals surface area contributed by atoms with Crippen LogP contribution < -0.4 is 4.74 Å². The van der Waals surface area contributed by atoms with Gasteiger partial charge in [0.15, 0.2) is 11.5 Å². The molecule has 0 aliphatic carbocycles. The molecule has 6 heteroatoms. The standard InChI is InChI=1S/C21H28N2O4/c1-14(2)27-17-8-6-7-16(13-17)19-18(15(3)24)20(25)21(26)23(19)12-11-22-9-4-5-10-22/h6-8,13-14,19,25H,4-5,9-12H2,1-3H3. The van der Waals surface area contributed by atoms with Gasteiger partial charge in [-0.2, -0.15) is 0 Å². The predicted octanol–water partition coefficient (Wildman–Crippen LogP) is 2.85. The minimum atomic E-state index is -0.576. The molecule has 1 fully saturated rings. The molecule has 1 saturated heterocycles. The Labute approximate surface area is 160 Å². The van der Waals surface area contributed by atoms with Crippen LogP contribution >= 0.6 is 0 Å². The lowest BCUT2D eigenvalue weighted by Gasteiger charge is -2.28. The Morgan fingerprint density at radius 1 is 1.26 bits per heavy atom. The number of benzene rings is 1. The topological polar surface area (TPSA) is 70.1 Å². The number of aliphatic hydroxyl groups excluding tert-OH is 1. The number of amides is 1. The van der Waals surface area contributed by atoms with Crippen LogP contribution in [0.2, 0.25) is 0 Å². The molecule has 0 spiro atoms. The lowest BCUT2D eigenvalue weighted by molar-refractivity contribution is -0.129. The smallest absolute Gasteiger partial charge is 0.290 e. The largest absolute Gasteiger partial charge is 0.503 e. The first-order chi connectivity index (χ1) is 12.9. The molecule has 27 heavy (non-hydrogen) atoms. The van der Waals surface area contributed by atoms with Gasteiger partial charge in [0.1, 0.15) is 5.75 Å². The SMILES string of the molecule is CC(=O)C1=C(O)C(=O)N(CCN2CCCC2)C1c1cccc(OC(C)C)c1. The number of carbonyl (C=O) groups excluding carboxylic acids is 2. The van der Waals surface area contributed by atoms with Crippen LogP contribution in [0.15, 0.2) is 35.6 Å². The van der Waals surface area contributed by atoms with E-state index in [0.717, 1.165) is 25.2 Å². The summed E-state index contributed by atoms with van der Waals surface area (Å²) in [5.41, 5.74) is 0.945. The van der Waals surface area contributed by atoms with Crippen molar-refractivity contribution in [3.63, 3.8) is 0 Å². The number of likely N-dealkylation sites (tertiary alicyclic amines) is 1. The molecule has 2 aliphatic rings. The van der Waals surface area contributed by atoms with E-state index in [1.165, 1.54) is 19.8 Å². The lowest BCUT2D eigenvalue weighted by atomic mass is 9.96. The molecule has 1 N–H and O–H groups in total. The van der Waals surface area contributed by atoms with Crippen molar-refractivity contribution in [2.24, 2.45) is 0 Å². The molecule has 2 heterocycles. The van der Waals surface area contributed by atoms with Crippen molar-refractivity contribution in [3.8, 4) is 5.75 Å². The Kier molecular flexibility index (Phi) is 5.85. The molecule has 1 unspecified atom stereocenters. The van der Waals surface area contributed by atoms with Crippen molar-refractivity contribution < 1.29 is 19.4 Å². The van der Waals surface area contributed by atoms with Gasteiger partial charge in [-0.05, 0) is 64.4 Å². The highest BCUT2D eigenvalue weighted by Crippen LogP contribution is 2.38. The zero-order valence-electron chi connectivity index (χ0n) is 16.3. The zero-order chi connectivity index (χ0) is 19.6. The molecule has 146 valence electrons. The third kappa shape index (κ3) is 4.16. The minimum absolute atomic E-state index is 0.0213. The third-order valence-electron chi connectivity index (χ3n) is 5.08. The van der Waals surface area contributed by atoms with Crippen LogP contribution in [0.1, 0.15) is 45.2 Å². The van der Waals surface area contributed by atoms with E-state index in [1.807, 2.05) is 38.1 Å². The van der Waals surface area contributed by atoms with E-state index in [0.29, 0.717) is 12.3 Å². The average molecular weight is 372 g/mol. The highest BCUT2D eigenvalue weighted by molar-refractivity contribution is 6.08. The van der Waals surface area contributed by atoms with Crippen LogP contribution in [-0.4, -0.2) is 58.9 Å². The molecule has 1 aromatic rings. The molecular formula is C21H28N2O4. The molecule has 2 aliphatic heterocycles. The van der Waals surface area contributed by atoms with Crippen LogP contribution in [0.25, 0.3) is 0 Å². The molecule has 1 amide bonds. The van der Waals surface area contributed by atoms with Crippen molar-refractivity contribution in [2.75, 3.05) is 26.2 Å². The van der Waals surface area contributed by atoms with Gasteiger partial charge in [0.25, 0.3) is 5.91 Å². The number of Topliss-reactive ketones (excluding diaryl/α,β-unsaturated/α-hetero) is 1. The summed E-state index contributed by atoms with van der Waals surface area (Å²) in [6, 6.07) is 6.85. The Bertz CT molecular complexity index is 750. The van der Waals surface area contributed by atoms with Crippen LogP contribution in [0.3, 0.4) is 0 Å². The van der Waals surface area contributed by atoms with Crippen LogP contribution in [0.4, 0.5) is 0 Å². The summed E-state index contributed by atoms with van der Waals surface area (Å²) in [5, 5.41) is 10.4. The van der Waals surface area contributed by atoms with Gasteiger partial charge in [0.05, 0.1) is 17.7 Å². The van der Waals surface area contributed by atoms with Gasteiger partial charge in [-0.3, -0.25) is 9.59 Å². The second-order valence-corrected chi connectivity index (χ2v) is 7.51. The first-order valence-corrected chi connectivity index (χ1v) is 9.62. The fraction of sp³-hybridized carbons (Fsp3) is 0.524. The van der Waals surface area contributed by atoms with Crippen molar-refractivity contribution >= 4 is 11.7 Å². The number of ketones is 1. The average Bonchev–Trinajstić information content (AvgIpc) is 3.20. The molecule has 0 bridgehead atoms. The quantitative estimate of drug-likeness (QED) is 0.797. The van der Waals surface area contributed by atoms with Gasteiger partial charge < -0.3 is 19.6 Å². The monoisotopic (exact) mass is 372 g/mol. The molecule has 3 rings (SSSR count). The van der Waals surface area contributed by atoms with Crippen LogP contribution in [0.5, 0.6) is 5.75 Å². The van der Waals surface area contributed by atoms with Crippen molar-refractivity contribution in [2.45, 2.75) is 45.8 Å². The summed E-state index contributed by atoms with van der Waals surface area (Å²) in [6.45, 7) is 8.56.